The number of hydrogen-bond donors (Lipinski definition) is 1. The Hall–Kier alpha value is -3.46. The number of ether oxygens (including phenoxy) is 2. The predicted molar refractivity (Wildman–Crippen MR) is 106 cm³/mol. The van der Waals surface area contributed by atoms with E-state index in [9.17, 15) is 14.9 Å². The number of nitro groups is 1. The number of nitrogens with one attached hydrogen (secondary N) is 1. The number of non-ortho nitro benzene ring substituents is 1. The van der Waals surface area contributed by atoms with Gasteiger partial charge in [0.2, 0.25) is 0 Å². The van der Waals surface area contributed by atoms with Crippen LogP contribution in [0.25, 0.3) is 11.3 Å². The molecule has 0 saturated carbocycles. The average molecular weight is 399 g/mol. The fourth-order valence-electron chi connectivity index (χ4n) is 2.45. The lowest BCUT2D eigenvalue weighted by Gasteiger charge is -2.07. The zero-order valence-corrected chi connectivity index (χ0v) is 16.0. The summed E-state index contributed by atoms with van der Waals surface area (Å²) in [4.78, 5) is 26.6. The number of carbonyl (C=O) groups is 1. The molecular weight excluding hydrogens is 382 g/mol. The highest BCUT2D eigenvalue weighted by Crippen LogP contribution is 2.33. The second kappa shape index (κ2) is 8.49. The third kappa shape index (κ3) is 4.63. The fourth-order valence-corrected chi connectivity index (χ4v) is 3.17. The molecule has 0 aliphatic carbocycles. The van der Waals surface area contributed by atoms with E-state index in [2.05, 4.69) is 10.3 Å². The minimum absolute atomic E-state index is 0.0429. The number of benzene rings is 2. The van der Waals surface area contributed by atoms with Gasteiger partial charge in [0.1, 0.15) is 11.5 Å². The van der Waals surface area contributed by atoms with Crippen molar-refractivity contribution in [3.63, 3.8) is 0 Å². The maximum absolute atomic E-state index is 12.1. The van der Waals surface area contributed by atoms with Crippen LogP contribution in [0.5, 0.6) is 11.5 Å². The summed E-state index contributed by atoms with van der Waals surface area (Å²) in [6.45, 7) is 1.74. The number of amides is 1. The molecule has 0 saturated heterocycles. The Labute approximate surface area is 164 Å². The smallest absolute Gasteiger partial charge is 0.269 e. The van der Waals surface area contributed by atoms with Gasteiger partial charge in [-0.05, 0) is 31.2 Å². The lowest BCUT2D eigenvalue weighted by molar-refractivity contribution is -0.384. The monoisotopic (exact) mass is 399 g/mol. The van der Waals surface area contributed by atoms with Gasteiger partial charge in [0.15, 0.2) is 11.7 Å². The van der Waals surface area contributed by atoms with Crippen LogP contribution in [0.1, 0.15) is 5.56 Å². The molecule has 0 unspecified atom stereocenters. The van der Waals surface area contributed by atoms with Gasteiger partial charge in [-0.15, -0.1) is 11.3 Å². The summed E-state index contributed by atoms with van der Waals surface area (Å²) in [5.41, 5.74) is 2.59. The van der Waals surface area contributed by atoms with E-state index in [-0.39, 0.29) is 18.2 Å². The van der Waals surface area contributed by atoms with E-state index in [0.717, 1.165) is 11.1 Å². The number of thiazole rings is 1. The number of nitro benzene ring substituents is 1. The van der Waals surface area contributed by atoms with Crippen molar-refractivity contribution in [2.45, 2.75) is 6.92 Å². The molecule has 0 fully saturated rings. The minimum Gasteiger partial charge on any atom is -0.496 e. The van der Waals surface area contributed by atoms with Gasteiger partial charge in [-0.2, -0.15) is 0 Å². The summed E-state index contributed by atoms with van der Waals surface area (Å²) >= 11 is 1.30. The second-order valence-electron chi connectivity index (χ2n) is 5.83. The summed E-state index contributed by atoms with van der Waals surface area (Å²) in [6.07, 6.45) is 0. The molecule has 28 heavy (non-hydrogen) atoms. The average Bonchev–Trinajstić information content (AvgIpc) is 3.15. The molecule has 0 aliphatic heterocycles. The summed E-state index contributed by atoms with van der Waals surface area (Å²) in [5, 5.41) is 15.6. The molecule has 144 valence electrons. The molecule has 3 rings (SSSR count). The van der Waals surface area contributed by atoms with Crippen LogP contribution in [0.15, 0.2) is 47.8 Å². The largest absolute Gasteiger partial charge is 0.496 e. The number of hydrogen-bond acceptors (Lipinski definition) is 7. The molecule has 1 N–H and O–H groups in total. The number of methoxy groups -OCH3 is 1. The first-order valence-corrected chi connectivity index (χ1v) is 9.12. The van der Waals surface area contributed by atoms with E-state index in [4.69, 9.17) is 9.47 Å². The Morgan fingerprint density at radius 3 is 2.68 bits per heavy atom. The van der Waals surface area contributed by atoms with Gasteiger partial charge in [0, 0.05) is 23.1 Å². The van der Waals surface area contributed by atoms with Crippen LogP contribution in [0, 0.1) is 17.0 Å². The molecule has 1 aromatic heterocycles. The van der Waals surface area contributed by atoms with Crippen molar-refractivity contribution in [3.8, 4) is 22.8 Å². The van der Waals surface area contributed by atoms with E-state index >= 15 is 0 Å². The molecule has 0 atom stereocenters. The van der Waals surface area contributed by atoms with Crippen LogP contribution in [0.2, 0.25) is 0 Å². The minimum atomic E-state index is -0.500. The first-order valence-electron chi connectivity index (χ1n) is 8.24. The standard InChI is InChI=1S/C19H17N3O5S/c1-12-3-8-17(26-2)15(9-12)16-11-28-19(20-16)21-18(23)10-27-14-6-4-13(5-7-14)22(24)25/h3-9,11H,10H2,1-2H3,(H,20,21,23). The van der Waals surface area contributed by atoms with Crippen LogP contribution in [0.4, 0.5) is 10.8 Å². The highest BCUT2D eigenvalue weighted by Gasteiger charge is 2.13. The molecule has 9 heteroatoms. The van der Waals surface area contributed by atoms with Crippen molar-refractivity contribution >= 4 is 28.1 Å². The Morgan fingerprint density at radius 2 is 2.00 bits per heavy atom. The molecule has 2 aromatic carbocycles. The molecule has 1 heterocycles. The van der Waals surface area contributed by atoms with Crippen molar-refractivity contribution < 1.29 is 19.2 Å². The van der Waals surface area contributed by atoms with Crippen LogP contribution in [-0.4, -0.2) is 29.5 Å². The third-order valence-corrected chi connectivity index (χ3v) is 4.56. The van der Waals surface area contributed by atoms with Gasteiger partial charge in [0.05, 0.1) is 17.7 Å². The zero-order chi connectivity index (χ0) is 20.1. The van der Waals surface area contributed by atoms with Crippen LogP contribution in [-0.2, 0) is 4.79 Å². The number of aryl methyl sites for hydroxylation is 1. The second-order valence-corrected chi connectivity index (χ2v) is 6.69. The summed E-state index contributed by atoms with van der Waals surface area (Å²) in [5.74, 6) is 0.691. The Balaban J connectivity index is 1.61. The lowest BCUT2D eigenvalue weighted by atomic mass is 10.1. The molecule has 3 aromatic rings. The summed E-state index contributed by atoms with van der Waals surface area (Å²) < 4.78 is 10.7. The maximum atomic E-state index is 12.1. The van der Waals surface area contributed by atoms with Crippen molar-refractivity contribution in [1.29, 1.82) is 0 Å². The molecule has 1 amide bonds. The molecule has 0 radical (unpaired) electrons. The molecular formula is C19H17N3O5S. The van der Waals surface area contributed by atoms with Gasteiger partial charge in [-0.3, -0.25) is 20.2 Å². The van der Waals surface area contributed by atoms with E-state index in [1.54, 1.807) is 7.11 Å². The summed E-state index contributed by atoms with van der Waals surface area (Å²) in [6, 6.07) is 11.3. The normalized spacial score (nSPS) is 10.4. The first kappa shape index (κ1) is 19.3. The fraction of sp³-hybridized carbons (Fsp3) is 0.158. The number of rotatable bonds is 7. The Morgan fingerprint density at radius 1 is 1.25 bits per heavy atom. The molecule has 0 spiro atoms. The predicted octanol–water partition coefficient (Wildman–Crippen LogP) is 4.05. The quantitative estimate of drug-likeness (QED) is 0.475. The lowest BCUT2D eigenvalue weighted by Crippen LogP contribution is -2.20. The van der Waals surface area contributed by atoms with E-state index < -0.39 is 4.92 Å². The van der Waals surface area contributed by atoms with Gasteiger partial charge in [0.25, 0.3) is 11.6 Å². The topological polar surface area (TPSA) is 104 Å². The van der Waals surface area contributed by atoms with Crippen LogP contribution in [0.3, 0.4) is 0 Å². The summed E-state index contributed by atoms with van der Waals surface area (Å²) in [7, 11) is 1.60. The molecule has 0 aliphatic rings. The van der Waals surface area contributed by atoms with Crippen molar-refractivity contribution in [1.82, 2.24) is 4.98 Å². The molecule has 0 bridgehead atoms. The molecule has 8 nitrogen and oxygen atoms in total. The highest BCUT2D eigenvalue weighted by atomic mass is 32.1. The van der Waals surface area contributed by atoms with Gasteiger partial charge in [-0.1, -0.05) is 11.6 Å². The number of nitrogens with zero attached hydrogens (tertiary/aromatic N) is 2. The zero-order valence-electron chi connectivity index (χ0n) is 15.2. The maximum Gasteiger partial charge on any atom is 0.269 e. The van der Waals surface area contributed by atoms with E-state index in [0.29, 0.717) is 22.3 Å². The number of anilines is 1. The van der Waals surface area contributed by atoms with Crippen molar-refractivity contribution in [3.05, 3.63) is 63.5 Å². The third-order valence-electron chi connectivity index (χ3n) is 3.80. The SMILES string of the molecule is COc1ccc(C)cc1-c1csc(NC(=O)COc2ccc([N+](=O)[O-])cc2)n1. The van der Waals surface area contributed by atoms with Gasteiger partial charge in [-0.25, -0.2) is 4.98 Å². The van der Waals surface area contributed by atoms with Crippen LogP contribution >= 0.6 is 11.3 Å². The Bertz CT molecular complexity index is 1000. The first-order chi connectivity index (χ1) is 13.5. The van der Waals surface area contributed by atoms with Crippen molar-refractivity contribution in [2.75, 3.05) is 19.0 Å². The van der Waals surface area contributed by atoms with Crippen molar-refractivity contribution in [2.24, 2.45) is 0 Å². The Kier molecular flexibility index (Phi) is 5.85. The van der Waals surface area contributed by atoms with Gasteiger partial charge < -0.3 is 9.47 Å². The van der Waals surface area contributed by atoms with E-state index in [1.165, 1.54) is 35.6 Å². The van der Waals surface area contributed by atoms with Gasteiger partial charge >= 0.3 is 0 Å². The van der Waals surface area contributed by atoms with E-state index in [1.807, 2.05) is 30.5 Å². The number of carbonyl (C=O) groups excluding carboxylic acids is 1. The highest BCUT2D eigenvalue weighted by molar-refractivity contribution is 7.14. The number of aromatic nitrogens is 1. The van der Waals surface area contributed by atoms with Crippen LogP contribution < -0.4 is 14.8 Å².